The van der Waals surface area contributed by atoms with E-state index in [0.29, 0.717) is 0 Å². The van der Waals surface area contributed by atoms with Crippen LogP contribution in [0.4, 0.5) is 22.0 Å². The van der Waals surface area contributed by atoms with Gasteiger partial charge in [-0.2, -0.15) is 18.4 Å². The molecule has 0 aliphatic rings. The van der Waals surface area contributed by atoms with Crippen LogP contribution in [0.5, 0.6) is 0 Å². The Labute approximate surface area is 92.7 Å². The first-order valence-electron chi connectivity index (χ1n) is 4.30. The Morgan fingerprint density at radius 1 is 1.41 bits per heavy atom. The highest BCUT2D eigenvalue weighted by Crippen LogP contribution is 2.39. The smallest absolute Gasteiger partial charge is 0.326 e. The fraction of sp³-hybridized carbons (Fsp3) is 0.333. The maximum Gasteiger partial charge on any atom is 0.419 e. The molecule has 0 fully saturated rings. The van der Waals surface area contributed by atoms with Crippen LogP contribution >= 0.6 is 0 Å². The number of aromatic nitrogens is 1. The van der Waals surface area contributed by atoms with Crippen LogP contribution in [-0.2, 0) is 12.7 Å². The Morgan fingerprint density at radius 3 is 2.35 bits per heavy atom. The van der Waals surface area contributed by atoms with Crippen molar-refractivity contribution in [1.29, 1.82) is 5.26 Å². The molecular weight excluding hydrogens is 245 g/mol. The van der Waals surface area contributed by atoms with Gasteiger partial charge in [0.1, 0.15) is 11.6 Å². The molecular formula is C9H6F5N3. The quantitative estimate of drug-likeness (QED) is 0.820. The minimum absolute atomic E-state index is 0.425. The van der Waals surface area contributed by atoms with Crippen LogP contribution in [0.15, 0.2) is 6.20 Å². The first-order chi connectivity index (χ1) is 7.82. The number of rotatable bonds is 2. The molecule has 2 N–H and O–H groups in total. The van der Waals surface area contributed by atoms with E-state index in [0.717, 1.165) is 12.3 Å². The van der Waals surface area contributed by atoms with Crippen molar-refractivity contribution < 1.29 is 22.0 Å². The zero-order valence-electron chi connectivity index (χ0n) is 8.22. The molecule has 0 saturated carbocycles. The largest absolute Gasteiger partial charge is 0.419 e. The Morgan fingerprint density at radius 2 is 2.00 bits per heavy atom. The lowest BCUT2D eigenvalue weighted by molar-refractivity contribution is -0.140. The second-order valence-electron chi connectivity index (χ2n) is 3.04. The van der Waals surface area contributed by atoms with E-state index in [1.165, 1.54) is 0 Å². The van der Waals surface area contributed by atoms with Crippen molar-refractivity contribution in [2.45, 2.75) is 19.1 Å². The molecule has 17 heavy (non-hydrogen) atoms. The average Bonchev–Trinajstić information content (AvgIpc) is 2.25. The van der Waals surface area contributed by atoms with Crippen molar-refractivity contribution in [1.82, 2.24) is 4.98 Å². The summed E-state index contributed by atoms with van der Waals surface area (Å²) in [7, 11) is 0. The van der Waals surface area contributed by atoms with Crippen molar-refractivity contribution in [2.24, 2.45) is 5.73 Å². The molecule has 92 valence electrons. The molecule has 0 aliphatic heterocycles. The molecule has 3 nitrogen and oxygen atoms in total. The molecule has 1 aromatic heterocycles. The lowest BCUT2D eigenvalue weighted by Gasteiger charge is -2.16. The van der Waals surface area contributed by atoms with E-state index in [4.69, 9.17) is 11.0 Å². The van der Waals surface area contributed by atoms with Crippen LogP contribution in [0.3, 0.4) is 0 Å². The van der Waals surface area contributed by atoms with E-state index in [-0.39, 0.29) is 0 Å². The highest BCUT2D eigenvalue weighted by Gasteiger charge is 2.40. The molecule has 0 saturated heterocycles. The molecule has 0 bridgehead atoms. The van der Waals surface area contributed by atoms with Crippen molar-refractivity contribution >= 4 is 0 Å². The van der Waals surface area contributed by atoms with Crippen LogP contribution in [0.2, 0.25) is 0 Å². The summed E-state index contributed by atoms with van der Waals surface area (Å²) >= 11 is 0. The average molecular weight is 251 g/mol. The molecule has 0 atom stereocenters. The first kappa shape index (κ1) is 13.3. The lowest BCUT2D eigenvalue weighted by Crippen LogP contribution is -2.17. The molecule has 1 rings (SSSR count). The second kappa shape index (κ2) is 4.63. The van der Waals surface area contributed by atoms with E-state index < -0.39 is 41.5 Å². The van der Waals surface area contributed by atoms with Gasteiger partial charge in [0.25, 0.3) is 6.43 Å². The van der Waals surface area contributed by atoms with E-state index in [9.17, 15) is 22.0 Å². The van der Waals surface area contributed by atoms with E-state index >= 15 is 0 Å². The molecule has 0 aliphatic carbocycles. The Kier molecular flexibility index (Phi) is 3.63. The minimum atomic E-state index is -5.07. The zero-order valence-corrected chi connectivity index (χ0v) is 8.22. The third-order valence-electron chi connectivity index (χ3n) is 2.03. The van der Waals surface area contributed by atoms with Gasteiger partial charge >= 0.3 is 6.18 Å². The predicted octanol–water partition coefficient (Wildman–Crippen LogP) is 2.37. The van der Waals surface area contributed by atoms with E-state index in [1.54, 1.807) is 0 Å². The van der Waals surface area contributed by atoms with Crippen LogP contribution in [0, 0.1) is 11.3 Å². The fourth-order valence-corrected chi connectivity index (χ4v) is 1.35. The number of alkyl halides is 5. The number of nitriles is 1. The van der Waals surface area contributed by atoms with Crippen LogP contribution in [-0.4, -0.2) is 4.98 Å². The van der Waals surface area contributed by atoms with Gasteiger partial charge in [0.2, 0.25) is 0 Å². The minimum Gasteiger partial charge on any atom is -0.326 e. The summed E-state index contributed by atoms with van der Waals surface area (Å²) in [4.78, 5) is 3.18. The Balaban J connectivity index is 3.67. The van der Waals surface area contributed by atoms with Crippen molar-refractivity contribution in [3.8, 4) is 6.07 Å². The van der Waals surface area contributed by atoms with Gasteiger partial charge in [0.15, 0.2) is 5.69 Å². The molecule has 8 heteroatoms. The van der Waals surface area contributed by atoms with Crippen molar-refractivity contribution in [3.63, 3.8) is 0 Å². The highest BCUT2D eigenvalue weighted by atomic mass is 19.4. The van der Waals surface area contributed by atoms with Gasteiger partial charge in [-0.1, -0.05) is 0 Å². The fourth-order valence-electron chi connectivity index (χ4n) is 1.35. The second-order valence-corrected chi connectivity index (χ2v) is 3.04. The number of hydrogen-bond acceptors (Lipinski definition) is 3. The summed E-state index contributed by atoms with van der Waals surface area (Å²) < 4.78 is 63.1. The Bertz CT molecular complexity index is 461. The van der Waals surface area contributed by atoms with E-state index in [2.05, 4.69) is 4.98 Å². The zero-order chi connectivity index (χ0) is 13.2. The van der Waals surface area contributed by atoms with Gasteiger partial charge in [-0.25, -0.2) is 13.8 Å². The van der Waals surface area contributed by atoms with Crippen molar-refractivity contribution in [3.05, 3.63) is 28.6 Å². The third kappa shape index (κ3) is 2.50. The van der Waals surface area contributed by atoms with Gasteiger partial charge in [-0.05, 0) is 5.56 Å². The first-order valence-corrected chi connectivity index (χ1v) is 4.30. The summed E-state index contributed by atoms with van der Waals surface area (Å²) in [6.07, 6.45) is -7.69. The normalized spacial score (nSPS) is 11.6. The molecule has 0 spiro atoms. The summed E-state index contributed by atoms with van der Waals surface area (Å²) in [5.41, 5.74) is 0.583. The molecule has 0 unspecified atom stereocenters. The van der Waals surface area contributed by atoms with Crippen LogP contribution in [0.1, 0.15) is 28.8 Å². The number of nitrogens with zero attached hydrogens (tertiary/aromatic N) is 2. The molecule has 1 aromatic rings. The Hall–Kier alpha value is -1.75. The standard InChI is InChI=1S/C9H6F5N3/c10-8(11)6-4(1-15)3-17-5(2-16)7(6)9(12,13)14/h3,8H,1,15H2. The number of pyridine rings is 1. The summed E-state index contributed by atoms with van der Waals surface area (Å²) in [6.45, 7) is -0.512. The van der Waals surface area contributed by atoms with Gasteiger partial charge in [-0.3, -0.25) is 0 Å². The maximum absolute atomic E-state index is 12.6. The summed E-state index contributed by atoms with van der Waals surface area (Å²) in [6, 6.07) is 1.14. The number of halogens is 5. The monoisotopic (exact) mass is 251 g/mol. The molecule has 0 radical (unpaired) electrons. The molecule has 0 aromatic carbocycles. The van der Waals surface area contributed by atoms with Crippen LogP contribution < -0.4 is 5.73 Å². The SMILES string of the molecule is N#Cc1ncc(CN)c(C(F)F)c1C(F)(F)F. The highest BCUT2D eigenvalue weighted by molar-refractivity contribution is 5.44. The van der Waals surface area contributed by atoms with Gasteiger partial charge < -0.3 is 5.73 Å². The number of hydrogen-bond donors (Lipinski definition) is 1. The molecule has 0 amide bonds. The molecule has 1 heterocycles. The third-order valence-corrected chi connectivity index (χ3v) is 2.03. The van der Waals surface area contributed by atoms with E-state index in [1.807, 2.05) is 0 Å². The van der Waals surface area contributed by atoms with Gasteiger partial charge in [-0.15, -0.1) is 0 Å². The maximum atomic E-state index is 12.6. The van der Waals surface area contributed by atoms with Crippen molar-refractivity contribution in [2.75, 3.05) is 0 Å². The summed E-state index contributed by atoms with van der Waals surface area (Å²) in [5, 5.41) is 8.46. The predicted molar refractivity (Wildman–Crippen MR) is 46.8 cm³/mol. The summed E-state index contributed by atoms with van der Waals surface area (Å²) in [5.74, 6) is 0. The lowest BCUT2D eigenvalue weighted by atomic mass is 10.0. The number of nitrogens with two attached hydrogens (primary N) is 1. The van der Waals surface area contributed by atoms with Gasteiger partial charge in [0, 0.05) is 18.3 Å². The topological polar surface area (TPSA) is 62.7 Å². The van der Waals surface area contributed by atoms with Crippen LogP contribution in [0.25, 0.3) is 0 Å². The van der Waals surface area contributed by atoms with Gasteiger partial charge in [0.05, 0.1) is 0 Å².